The zero-order chi connectivity index (χ0) is 15.2. The molecule has 0 aromatic carbocycles. The topological polar surface area (TPSA) is 67.4 Å². The van der Waals surface area contributed by atoms with E-state index in [-0.39, 0.29) is 23.8 Å². The molecule has 1 amide bonds. The van der Waals surface area contributed by atoms with Gasteiger partial charge in [-0.15, -0.1) is 0 Å². The van der Waals surface area contributed by atoms with Crippen molar-refractivity contribution in [3.63, 3.8) is 0 Å². The van der Waals surface area contributed by atoms with Crippen molar-refractivity contribution in [1.29, 1.82) is 0 Å². The SMILES string of the molecule is CCNC(C)(C)C(=O)NC1CCC(C(=O)OCC)CC1. The number of amides is 1. The van der Waals surface area contributed by atoms with Crippen molar-refractivity contribution in [2.75, 3.05) is 13.2 Å². The third-order valence-electron chi connectivity index (χ3n) is 3.87. The second-order valence-electron chi connectivity index (χ2n) is 5.93. The number of rotatable bonds is 6. The summed E-state index contributed by atoms with van der Waals surface area (Å²) in [6.45, 7) is 8.78. The summed E-state index contributed by atoms with van der Waals surface area (Å²) in [5, 5.41) is 6.25. The molecule has 1 aliphatic carbocycles. The molecule has 0 aromatic heterocycles. The Kier molecular flexibility index (Phi) is 6.46. The van der Waals surface area contributed by atoms with Gasteiger partial charge in [0.05, 0.1) is 18.1 Å². The highest BCUT2D eigenvalue weighted by Crippen LogP contribution is 2.25. The van der Waals surface area contributed by atoms with Gasteiger partial charge < -0.3 is 15.4 Å². The quantitative estimate of drug-likeness (QED) is 0.727. The van der Waals surface area contributed by atoms with Crippen LogP contribution in [0.2, 0.25) is 0 Å². The second kappa shape index (κ2) is 7.62. The smallest absolute Gasteiger partial charge is 0.308 e. The van der Waals surface area contributed by atoms with Gasteiger partial charge in [-0.3, -0.25) is 9.59 Å². The van der Waals surface area contributed by atoms with Crippen molar-refractivity contribution < 1.29 is 14.3 Å². The number of nitrogens with one attached hydrogen (secondary N) is 2. The maximum Gasteiger partial charge on any atom is 0.308 e. The summed E-state index contributed by atoms with van der Waals surface area (Å²) in [7, 11) is 0. The van der Waals surface area contributed by atoms with E-state index in [9.17, 15) is 9.59 Å². The summed E-state index contributed by atoms with van der Waals surface area (Å²) >= 11 is 0. The van der Waals surface area contributed by atoms with Gasteiger partial charge in [-0.25, -0.2) is 0 Å². The van der Waals surface area contributed by atoms with E-state index in [0.717, 1.165) is 32.2 Å². The lowest BCUT2D eigenvalue weighted by molar-refractivity contribution is -0.149. The third kappa shape index (κ3) is 4.78. The lowest BCUT2D eigenvalue weighted by Gasteiger charge is -2.31. The van der Waals surface area contributed by atoms with Crippen LogP contribution in [-0.4, -0.2) is 36.6 Å². The van der Waals surface area contributed by atoms with Crippen LogP contribution in [0.5, 0.6) is 0 Å². The van der Waals surface area contributed by atoms with Crippen molar-refractivity contribution in [1.82, 2.24) is 10.6 Å². The van der Waals surface area contributed by atoms with Crippen LogP contribution in [0.4, 0.5) is 0 Å². The van der Waals surface area contributed by atoms with Gasteiger partial charge in [-0.05, 0) is 53.0 Å². The van der Waals surface area contributed by atoms with E-state index in [1.165, 1.54) is 0 Å². The number of carbonyl (C=O) groups excluding carboxylic acids is 2. The largest absolute Gasteiger partial charge is 0.466 e. The molecular weight excluding hydrogens is 256 g/mol. The molecule has 5 heteroatoms. The summed E-state index contributed by atoms with van der Waals surface area (Å²) in [4.78, 5) is 23.8. The van der Waals surface area contributed by atoms with E-state index in [1.807, 2.05) is 27.7 Å². The van der Waals surface area contributed by atoms with E-state index in [0.29, 0.717) is 6.61 Å². The molecule has 0 bridgehead atoms. The Hall–Kier alpha value is -1.10. The molecule has 1 rings (SSSR count). The molecule has 0 aliphatic heterocycles. The highest BCUT2D eigenvalue weighted by molar-refractivity contribution is 5.85. The molecular formula is C15H28N2O3. The molecule has 0 aromatic rings. The highest BCUT2D eigenvalue weighted by Gasteiger charge is 2.31. The zero-order valence-electron chi connectivity index (χ0n) is 13.1. The molecule has 2 N–H and O–H groups in total. The van der Waals surface area contributed by atoms with Crippen LogP contribution in [0.3, 0.4) is 0 Å². The Morgan fingerprint density at radius 3 is 2.25 bits per heavy atom. The van der Waals surface area contributed by atoms with Gasteiger partial charge in [-0.2, -0.15) is 0 Å². The first kappa shape index (κ1) is 17.0. The molecule has 1 fully saturated rings. The fourth-order valence-corrected chi connectivity index (χ4v) is 2.62. The molecule has 0 heterocycles. The molecule has 1 aliphatic rings. The fourth-order valence-electron chi connectivity index (χ4n) is 2.62. The molecule has 0 spiro atoms. The molecule has 1 saturated carbocycles. The minimum Gasteiger partial charge on any atom is -0.466 e. The van der Waals surface area contributed by atoms with E-state index < -0.39 is 5.54 Å². The van der Waals surface area contributed by atoms with Gasteiger partial charge in [0.1, 0.15) is 0 Å². The van der Waals surface area contributed by atoms with Crippen molar-refractivity contribution in [2.45, 2.75) is 65.0 Å². The van der Waals surface area contributed by atoms with Gasteiger partial charge in [0.25, 0.3) is 0 Å². The molecule has 0 saturated heterocycles. The Bertz CT molecular complexity index is 334. The van der Waals surface area contributed by atoms with Crippen molar-refractivity contribution in [3.8, 4) is 0 Å². The lowest BCUT2D eigenvalue weighted by atomic mass is 9.85. The third-order valence-corrected chi connectivity index (χ3v) is 3.87. The first-order chi connectivity index (χ1) is 9.40. The maximum absolute atomic E-state index is 12.2. The van der Waals surface area contributed by atoms with Crippen LogP contribution in [-0.2, 0) is 14.3 Å². The second-order valence-corrected chi connectivity index (χ2v) is 5.93. The zero-order valence-corrected chi connectivity index (χ0v) is 13.1. The number of likely N-dealkylation sites (N-methyl/N-ethyl adjacent to an activating group) is 1. The Balaban J connectivity index is 2.39. The summed E-state index contributed by atoms with van der Waals surface area (Å²) in [6, 6.07) is 0.172. The Morgan fingerprint density at radius 1 is 1.15 bits per heavy atom. The maximum atomic E-state index is 12.2. The average molecular weight is 284 g/mol. The average Bonchev–Trinajstić information content (AvgIpc) is 2.39. The number of hydrogen-bond donors (Lipinski definition) is 2. The lowest BCUT2D eigenvalue weighted by Crippen LogP contribution is -2.55. The van der Waals surface area contributed by atoms with Crippen LogP contribution < -0.4 is 10.6 Å². The van der Waals surface area contributed by atoms with Gasteiger partial charge >= 0.3 is 5.97 Å². The molecule has 0 radical (unpaired) electrons. The fraction of sp³-hybridized carbons (Fsp3) is 0.867. The standard InChI is InChI=1S/C15H28N2O3/c1-5-16-15(3,4)14(19)17-12-9-7-11(8-10-12)13(18)20-6-2/h11-12,16H,5-10H2,1-4H3,(H,17,19). The van der Waals surface area contributed by atoms with Crippen LogP contribution in [0, 0.1) is 5.92 Å². The predicted molar refractivity (Wildman–Crippen MR) is 78.3 cm³/mol. The minimum absolute atomic E-state index is 0.00452. The molecule has 116 valence electrons. The molecule has 20 heavy (non-hydrogen) atoms. The van der Waals surface area contributed by atoms with E-state index in [1.54, 1.807) is 0 Å². The van der Waals surface area contributed by atoms with E-state index in [4.69, 9.17) is 4.74 Å². The van der Waals surface area contributed by atoms with E-state index >= 15 is 0 Å². The monoisotopic (exact) mass is 284 g/mol. The number of carbonyl (C=O) groups is 2. The first-order valence-corrected chi connectivity index (χ1v) is 7.63. The van der Waals surface area contributed by atoms with Gasteiger partial charge in [0.15, 0.2) is 0 Å². The number of esters is 1. The summed E-state index contributed by atoms with van der Waals surface area (Å²) < 4.78 is 5.05. The molecule has 5 nitrogen and oxygen atoms in total. The van der Waals surface area contributed by atoms with Crippen molar-refractivity contribution in [2.24, 2.45) is 5.92 Å². The molecule has 0 unspecified atom stereocenters. The van der Waals surface area contributed by atoms with Gasteiger partial charge in [0, 0.05) is 6.04 Å². The normalized spacial score (nSPS) is 23.2. The Morgan fingerprint density at radius 2 is 1.75 bits per heavy atom. The first-order valence-electron chi connectivity index (χ1n) is 7.63. The van der Waals surface area contributed by atoms with Crippen LogP contribution in [0.15, 0.2) is 0 Å². The summed E-state index contributed by atoms with van der Waals surface area (Å²) in [6.07, 6.45) is 3.28. The summed E-state index contributed by atoms with van der Waals surface area (Å²) in [5.74, 6) is -0.0610. The summed E-state index contributed by atoms with van der Waals surface area (Å²) in [5.41, 5.74) is -0.549. The number of hydrogen-bond acceptors (Lipinski definition) is 4. The Labute approximate surface area is 121 Å². The predicted octanol–water partition coefficient (Wildman–Crippen LogP) is 1.61. The van der Waals surface area contributed by atoms with Gasteiger partial charge in [-0.1, -0.05) is 6.92 Å². The molecule has 0 atom stereocenters. The van der Waals surface area contributed by atoms with E-state index in [2.05, 4.69) is 10.6 Å². The van der Waals surface area contributed by atoms with Crippen molar-refractivity contribution >= 4 is 11.9 Å². The van der Waals surface area contributed by atoms with Crippen molar-refractivity contribution in [3.05, 3.63) is 0 Å². The van der Waals surface area contributed by atoms with Crippen LogP contribution >= 0.6 is 0 Å². The van der Waals surface area contributed by atoms with Crippen LogP contribution in [0.1, 0.15) is 53.4 Å². The minimum atomic E-state index is -0.549. The van der Waals surface area contributed by atoms with Gasteiger partial charge in [0.2, 0.25) is 5.91 Å². The van der Waals surface area contributed by atoms with Crippen LogP contribution in [0.25, 0.3) is 0 Å². The number of ether oxygens (including phenoxy) is 1. The highest BCUT2D eigenvalue weighted by atomic mass is 16.5.